The summed E-state index contributed by atoms with van der Waals surface area (Å²) in [5, 5.41) is 0. The molecule has 2 saturated heterocycles. The first-order chi connectivity index (χ1) is 14.7. The van der Waals surface area contributed by atoms with E-state index in [0.29, 0.717) is 17.9 Å². The standard InChI is InChI=1S/C25H33N3O2/c1-19-17-26-23(20-10-15-30-16-11-20)28(19)22-9-14-27(18-22)24(29)25(12-5-6-13-25)21-7-3-2-4-8-21/h2-4,7-8,17,20,22H,5-6,9-16,18H2,1H3. The van der Waals surface area contributed by atoms with Gasteiger partial charge in [-0.2, -0.15) is 0 Å². The Bertz CT molecular complexity index is 879. The van der Waals surface area contributed by atoms with E-state index in [9.17, 15) is 4.79 Å². The third-order valence-corrected chi connectivity index (χ3v) is 7.61. The molecule has 5 rings (SSSR count). The molecule has 160 valence electrons. The van der Waals surface area contributed by atoms with Crippen LogP contribution in [0, 0.1) is 6.92 Å². The van der Waals surface area contributed by atoms with Crippen molar-refractivity contribution in [1.82, 2.24) is 14.5 Å². The van der Waals surface area contributed by atoms with Gasteiger partial charge in [-0.1, -0.05) is 43.2 Å². The van der Waals surface area contributed by atoms with Gasteiger partial charge in [0.2, 0.25) is 5.91 Å². The number of rotatable bonds is 4. The van der Waals surface area contributed by atoms with Crippen molar-refractivity contribution in [2.45, 2.75) is 69.2 Å². The van der Waals surface area contributed by atoms with Gasteiger partial charge in [0.15, 0.2) is 0 Å². The number of nitrogens with zero attached hydrogens (tertiary/aromatic N) is 3. The maximum absolute atomic E-state index is 13.8. The van der Waals surface area contributed by atoms with Crippen molar-refractivity contribution in [2.75, 3.05) is 26.3 Å². The minimum absolute atomic E-state index is 0.316. The Morgan fingerprint density at radius 2 is 1.83 bits per heavy atom. The number of carbonyl (C=O) groups excluding carboxylic acids is 1. The van der Waals surface area contributed by atoms with Crippen LogP contribution >= 0.6 is 0 Å². The summed E-state index contributed by atoms with van der Waals surface area (Å²) in [7, 11) is 0. The normalized spacial score (nSPS) is 24.4. The lowest BCUT2D eigenvalue weighted by Crippen LogP contribution is -2.44. The maximum Gasteiger partial charge on any atom is 0.233 e. The highest BCUT2D eigenvalue weighted by Crippen LogP contribution is 2.44. The summed E-state index contributed by atoms with van der Waals surface area (Å²) >= 11 is 0. The van der Waals surface area contributed by atoms with Crippen LogP contribution in [0.2, 0.25) is 0 Å². The Balaban J connectivity index is 1.37. The second-order valence-electron chi connectivity index (χ2n) is 9.36. The molecule has 0 N–H and O–H groups in total. The van der Waals surface area contributed by atoms with Crippen LogP contribution in [0.15, 0.2) is 36.5 Å². The Kier molecular flexibility index (Phi) is 5.40. The molecular formula is C25H33N3O2. The number of imidazole rings is 1. The molecule has 3 heterocycles. The SMILES string of the molecule is Cc1cnc(C2CCOCC2)n1C1CCN(C(=O)C2(c3ccccc3)CCCC2)C1. The van der Waals surface area contributed by atoms with E-state index in [1.807, 2.05) is 12.3 Å². The number of carbonyl (C=O) groups is 1. The van der Waals surface area contributed by atoms with E-state index in [4.69, 9.17) is 9.72 Å². The Morgan fingerprint density at radius 3 is 2.57 bits per heavy atom. The summed E-state index contributed by atoms with van der Waals surface area (Å²) in [6.07, 6.45) is 9.37. The fraction of sp³-hybridized carbons (Fsp3) is 0.600. The quantitative estimate of drug-likeness (QED) is 0.756. The van der Waals surface area contributed by atoms with Crippen LogP contribution in [0.4, 0.5) is 0 Å². The molecule has 2 aromatic rings. The number of aryl methyl sites for hydroxylation is 1. The van der Waals surface area contributed by atoms with Gasteiger partial charge in [-0.25, -0.2) is 4.98 Å². The smallest absolute Gasteiger partial charge is 0.233 e. The minimum Gasteiger partial charge on any atom is -0.381 e. The molecule has 1 aromatic carbocycles. The number of ether oxygens (including phenoxy) is 1. The zero-order valence-electron chi connectivity index (χ0n) is 18.1. The number of amides is 1. The van der Waals surface area contributed by atoms with Crippen molar-refractivity contribution in [2.24, 2.45) is 0 Å². The van der Waals surface area contributed by atoms with E-state index in [-0.39, 0.29) is 5.41 Å². The zero-order valence-corrected chi connectivity index (χ0v) is 18.1. The summed E-state index contributed by atoms with van der Waals surface area (Å²) in [4.78, 5) is 20.8. The molecule has 1 atom stereocenters. The molecule has 1 aliphatic carbocycles. The van der Waals surface area contributed by atoms with Gasteiger partial charge >= 0.3 is 0 Å². The van der Waals surface area contributed by atoms with Crippen molar-refractivity contribution in [3.05, 3.63) is 53.6 Å². The van der Waals surface area contributed by atoms with Crippen LogP contribution in [0.5, 0.6) is 0 Å². The van der Waals surface area contributed by atoms with Crippen LogP contribution in [0.25, 0.3) is 0 Å². The van der Waals surface area contributed by atoms with Crippen molar-refractivity contribution in [3.8, 4) is 0 Å². The molecule has 1 saturated carbocycles. The lowest BCUT2D eigenvalue weighted by atomic mass is 9.77. The van der Waals surface area contributed by atoms with E-state index >= 15 is 0 Å². The van der Waals surface area contributed by atoms with Gasteiger partial charge < -0.3 is 14.2 Å². The van der Waals surface area contributed by atoms with E-state index < -0.39 is 0 Å². The van der Waals surface area contributed by atoms with Gasteiger partial charge in [0.05, 0.1) is 11.5 Å². The average Bonchev–Trinajstić information content (AvgIpc) is 3.54. The fourth-order valence-electron chi connectivity index (χ4n) is 6.00. The highest BCUT2D eigenvalue weighted by molar-refractivity contribution is 5.89. The monoisotopic (exact) mass is 407 g/mol. The van der Waals surface area contributed by atoms with Crippen molar-refractivity contribution < 1.29 is 9.53 Å². The summed E-state index contributed by atoms with van der Waals surface area (Å²) < 4.78 is 8.00. The zero-order chi connectivity index (χ0) is 20.6. The molecule has 1 aromatic heterocycles. The molecule has 30 heavy (non-hydrogen) atoms. The first-order valence-electron chi connectivity index (χ1n) is 11.7. The second kappa shape index (κ2) is 8.18. The topological polar surface area (TPSA) is 47.4 Å². The lowest BCUT2D eigenvalue weighted by molar-refractivity contribution is -0.136. The predicted molar refractivity (Wildman–Crippen MR) is 117 cm³/mol. The molecular weight excluding hydrogens is 374 g/mol. The summed E-state index contributed by atoms with van der Waals surface area (Å²) in [5.74, 6) is 2.02. The highest BCUT2D eigenvalue weighted by atomic mass is 16.5. The van der Waals surface area contributed by atoms with E-state index in [1.54, 1.807) is 0 Å². The summed E-state index contributed by atoms with van der Waals surface area (Å²) in [6, 6.07) is 10.8. The largest absolute Gasteiger partial charge is 0.381 e. The molecule has 3 aliphatic rings. The van der Waals surface area contributed by atoms with Crippen molar-refractivity contribution >= 4 is 5.91 Å². The fourth-order valence-corrected chi connectivity index (χ4v) is 6.00. The van der Waals surface area contributed by atoms with Gasteiger partial charge in [-0.15, -0.1) is 0 Å². The van der Waals surface area contributed by atoms with Gasteiger partial charge in [-0.3, -0.25) is 4.79 Å². The van der Waals surface area contributed by atoms with Crippen LogP contribution in [0.3, 0.4) is 0 Å². The highest BCUT2D eigenvalue weighted by Gasteiger charge is 2.46. The molecule has 5 nitrogen and oxygen atoms in total. The van der Waals surface area contributed by atoms with Gasteiger partial charge in [-0.05, 0) is 44.6 Å². The number of hydrogen-bond acceptors (Lipinski definition) is 3. The second-order valence-corrected chi connectivity index (χ2v) is 9.36. The van der Waals surface area contributed by atoms with E-state index in [0.717, 1.165) is 71.2 Å². The molecule has 0 bridgehead atoms. The third-order valence-electron chi connectivity index (χ3n) is 7.61. The summed E-state index contributed by atoms with van der Waals surface area (Å²) in [5.41, 5.74) is 2.11. The van der Waals surface area contributed by atoms with E-state index in [2.05, 4.69) is 40.7 Å². The maximum atomic E-state index is 13.8. The molecule has 1 unspecified atom stereocenters. The molecule has 1 amide bonds. The predicted octanol–water partition coefficient (Wildman–Crippen LogP) is 4.37. The number of aromatic nitrogens is 2. The summed E-state index contributed by atoms with van der Waals surface area (Å²) in [6.45, 7) is 5.46. The first kappa shape index (κ1) is 19.8. The lowest BCUT2D eigenvalue weighted by Gasteiger charge is -2.33. The molecule has 3 fully saturated rings. The van der Waals surface area contributed by atoms with Crippen molar-refractivity contribution in [3.63, 3.8) is 0 Å². The van der Waals surface area contributed by atoms with Crippen LogP contribution in [0.1, 0.15) is 74.0 Å². The number of hydrogen-bond donors (Lipinski definition) is 0. The van der Waals surface area contributed by atoms with E-state index in [1.165, 1.54) is 17.1 Å². The molecule has 0 radical (unpaired) electrons. The number of likely N-dealkylation sites (tertiary alicyclic amines) is 1. The van der Waals surface area contributed by atoms with Gasteiger partial charge in [0.25, 0.3) is 0 Å². The molecule has 0 spiro atoms. The molecule has 5 heteroatoms. The first-order valence-corrected chi connectivity index (χ1v) is 11.7. The minimum atomic E-state index is -0.316. The number of benzene rings is 1. The Hall–Kier alpha value is -2.14. The Morgan fingerprint density at radius 1 is 1.10 bits per heavy atom. The van der Waals surface area contributed by atoms with Crippen LogP contribution in [-0.4, -0.2) is 46.7 Å². The third kappa shape index (κ3) is 3.37. The van der Waals surface area contributed by atoms with Gasteiger partial charge in [0, 0.05) is 44.1 Å². The average molecular weight is 408 g/mol. The molecule has 2 aliphatic heterocycles. The van der Waals surface area contributed by atoms with Crippen LogP contribution in [-0.2, 0) is 14.9 Å². The Labute approximate surface area is 179 Å². The van der Waals surface area contributed by atoms with Crippen LogP contribution < -0.4 is 0 Å². The van der Waals surface area contributed by atoms with Crippen molar-refractivity contribution in [1.29, 1.82) is 0 Å². The van der Waals surface area contributed by atoms with Gasteiger partial charge in [0.1, 0.15) is 5.82 Å².